The molecule has 2 aromatic rings. The average Bonchev–Trinajstić information content (AvgIpc) is 2.64. The number of benzene rings is 1. The summed E-state index contributed by atoms with van der Waals surface area (Å²) in [5.74, 6) is 0.733. The van der Waals surface area contributed by atoms with E-state index < -0.39 is 0 Å². The minimum absolute atomic E-state index is 0.733. The van der Waals surface area contributed by atoms with Crippen LogP contribution in [0.15, 0.2) is 24.4 Å². The predicted molar refractivity (Wildman–Crippen MR) is 70.5 cm³/mol. The number of thiol groups is 1. The van der Waals surface area contributed by atoms with Crippen LogP contribution in [0, 0.1) is 20.8 Å². The minimum atomic E-state index is 0.733. The quantitative estimate of drug-likeness (QED) is 0.787. The molecule has 1 aromatic carbocycles. The number of rotatable bonds is 2. The smallest absolute Gasteiger partial charge is 0.0680 e. The van der Waals surface area contributed by atoms with Crippen LogP contribution < -0.4 is 0 Å². The first-order valence-electron chi connectivity index (χ1n) is 5.36. The van der Waals surface area contributed by atoms with Gasteiger partial charge in [-0.2, -0.15) is 17.7 Å². The monoisotopic (exact) mass is 232 g/mol. The molecule has 0 radical (unpaired) electrons. The molecular weight excluding hydrogens is 216 g/mol. The van der Waals surface area contributed by atoms with E-state index in [9.17, 15) is 0 Å². The highest BCUT2D eigenvalue weighted by Crippen LogP contribution is 2.20. The number of hydrogen-bond acceptors (Lipinski definition) is 2. The maximum absolute atomic E-state index is 4.43. The van der Waals surface area contributed by atoms with Gasteiger partial charge in [0.15, 0.2) is 0 Å². The van der Waals surface area contributed by atoms with Crippen molar-refractivity contribution in [3.63, 3.8) is 0 Å². The molecule has 0 saturated heterocycles. The topological polar surface area (TPSA) is 17.8 Å². The molecule has 0 aliphatic heterocycles. The molecule has 0 aliphatic carbocycles. The SMILES string of the molecule is Cc1cccc(-n2ncc(CS)c2C)c1C. The van der Waals surface area contributed by atoms with Gasteiger partial charge in [-0.25, -0.2) is 4.68 Å². The normalized spacial score (nSPS) is 10.8. The lowest BCUT2D eigenvalue weighted by atomic mass is 10.1. The highest BCUT2D eigenvalue weighted by molar-refractivity contribution is 7.79. The molecule has 84 valence electrons. The molecule has 0 atom stereocenters. The second-order valence-corrected chi connectivity index (χ2v) is 4.36. The molecule has 0 saturated carbocycles. The van der Waals surface area contributed by atoms with Gasteiger partial charge in [0.25, 0.3) is 0 Å². The van der Waals surface area contributed by atoms with E-state index in [1.807, 2.05) is 10.9 Å². The molecule has 0 N–H and O–H groups in total. The number of nitrogens with zero attached hydrogens (tertiary/aromatic N) is 2. The molecule has 1 aromatic heterocycles. The van der Waals surface area contributed by atoms with Crippen molar-refractivity contribution in [2.75, 3.05) is 0 Å². The third-order valence-electron chi connectivity index (χ3n) is 3.09. The van der Waals surface area contributed by atoms with Crippen molar-refractivity contribution in [1.29, 1.82) is 0 Å². The van der Waals surface area contributed by atoms with Crippen molar-refractivity contribution in [2.45, 2.75) is 26.5 Å². The Hall–Kier alpha value is -1.22. The molecule has 0 unspecified atom stereocenters. The Kier molecular flexibility index (Phi) is 3.06. The maximum atomic E-state index is 4.43. The Morgan fingerprint density at radius 2 is 2.00 bits per heavy atom. The van der Waals surface area contributed by atoms with Crippen LogP contribution in [-0.2, 0) is 5.75 Å². The number of hydrogen-bond donors (Lipinski definition) is 1. The number of aromatic nitrogens is 2. The first-order chi connectivity index (χ1) is 7.65. The van der Waals surface area contributed by atoms with Gasteiger partial charge in [-0.15, -0.1) is 0 Å². The van der Waals surface area contributed by atoms with Gasteiger partial charge in [0, 0.05) is 17.0 Å². The summed E-state index contributed by atoms with van der Waals surface area (Å²) in [7, 11) is 0. The Labute approximate surface area is 102 Å². The molecule has 2 rings (SSSR count). The van der Waals surface area contributed by atoms with Gasteiger partial charge in [-0.05, 0) is 38.0 Å². The fraction of sp³-hybridized carbons (Fsp3) is 0.308. The van der Waals surface area contributed by atoms with Crippen LogP contribution in [0.2, 0.25) is 0 Å². The lowest BCUT2D eigenvalue weighted by molar-refractivity contribution is 0.837. The summed E-state index contributed by atoms with van der Waals surface area (Å²) in [4.78, 5) is 0. The van der Waals surface area contributed by atoms with Crippen LogP contribution in [0.5, 0.6) is 0 Å². The van der Waals surface area contributed by atoms with Gasteiger partial charge in [0.05, 0.1) is 11.9 Å². The maximum Gasteiger partial charge on any atom is 0.0680 e. The molecule has 1 heterocycles. The average molecular weight is 232 g/mol. The van der Waals surface area contributed by atoms with E-state index in [1.165, 1.54) is 22.4 Å². The van der Waals surface area contributed by atoms with E-state index in [0.717, 1.165) is 11.4 Å². The van der Waals surface area contributed by atoms with Crippen LogP contribution in [-0.4, -0.2) is 9.78 Å². The van der Waals surface area contributed by atoms with E-state index in [0.29, 0.717) is 0 Å². The van der Waals surface area contributed by atoms with Crippen LogP contribution in [0.3, 0.4) is 0 Å². The summed E-state index contributed by atoms with van der Waals surface area (Å²) in [6.45, 7) is 6.34. The molecule has 0 fully saturated rings. The Bertz CT molecular complexity index is 515. The fourth-order valence-electron chi connectivity index (χ4n) is 1.81. The van der Waals surface area contributed by atoms with E-state index in [4.69, 9.17) is 0 Å². The Balaban J connectivity index is 2.59. The van der Waals surface area contributed by atoms with Gasteiger partial charge in [0.1, 0.15) is 0 Å². The summed E-state index contributed by atoms with van der Waals surface area (Å²) in [6.07, 6.45) is 1.89. The van der Waals surface area contributed by atoms with Crippen molar-refractivity contribution >= 4 is 12.6 Å². The molecule has 0 spiro atoms. The zero-order valence-electron chi connectivity index (χ0n) is 9.86. The third kappa shape index (κ3) is 1.76. The van der Waals surface area contributed by atoms with Crippen LogP contribution in [0.1, 0.15) is 22.4 Å². The van der Waals surface area contributed by atoms with Crippen LogP contribution in [0.25, 0.3) is 5.69 Å². The second kappa shape index (κ2) is 4.34. The summed E-state index contributed by atoms with van der Waals surface area (Å²) in [5, 5.41) is 4.43. The molecule has 3 heteroatoms. The Morgan fingerprint density at radius 3 is 2.62 bits per heavy atom. The first-order valence-corrected chi connectivity index (χ1v) is 5.99. The summed E-state index contributed by atoms with van der Waals surface area (Å²) >= 11 is 4.30. The van der Waals surface area contributed by atoms with Crippen molar-refractivity contribution in [3.05, 3.63) is 46.8 Å². The molecule has 0 bridgehead atoms. The summed E-state index contributed by atoms with van der Waals surface area (Å²) in [6, 6.07) is 6.29. The standard InChI is InChI=1S/C13H16N2S/c1-9-5-4-6-13(10(9)2)15-11(3)12(8-16)7-14-15/h4-7,16H,8H2,1-3H3. The molecule has 0 aliphatic rings. The minimum Gasteiger partial charge on any atom is -0.238 e. The highest BCUT2D eigenvalue weighted by Gasteiger charge is 2.09. The van der Waals surface area contributed by atoms with Gasteiger partial charge in [-0.3, -0.25) is 0 Å². The van der Waals surface area contributed by atoms with E-state index in [-0.39, 0.29) is 0 Å². The van der Waals surface area contributed by atoms with Crippen molar-refractivity contribution in [3.8, 4) is 5.69 Å². The molecule has 2 nitrogen and oxygen atoms in total. The summed E-state index contributed by atoms with van der Waals surface area (Å²) in [5.41, 5.74) is 6.08. The second-order valence-electron chi connectivity index (χ2n) is 4.04. The van der Waals surface area contributed by atoms with Crippen LogP contribution in [0.4, 0.5) is 0 Å². The molecule has 0 amide bonds. The summed E-state index contributed by atoms with van der Waals surface area (Å²) < 4.78 is 1.99. The fourth-order valence-corrected chi connectivity index (χ4v) is 2.12. The third-order valence-corrected chi connectivity index (χ3v) is 3.43. The van der Waals surface area contributed by atoms with Crippen molar-refractivity contribution in [1.82, 2.24) is 9.78 Å². The van der Waals surface area contributed by atoms with Crippen molar-refractivity contribution in [2.24, 2.45) is 0 Å². The Morgan fingerprint density at radius 1 is 1.25 bits per heavy atom. The van der Waals surface area contributed by atoms with Gasteiger partial charge < -0.3 is 0 Å². The first kappa shape index (κ1) is 11.3. The van der Waals surface area contributed by atoms with Gasteiger partial charge in [-0.1, -0.05) is 12.1 Å². The zero-order chi connectivity index (χ0) is 11.7. The largest absolute Gasteiger partial charge is 0.238 e. The lowest BCUT2D eigenvalue weighted by Gasteiger charge is -2.10. The van der Waals surface area contributed by atoms with Crippen LogP contribution >= 0.6 is 12.6 Å². The van der Waals surface area contributed by atoms with Gasteiger partial charge in [0.2, 0.25) is 0 Å². The number of aryl methyl sites for hydroxylation is 1. The molecular formula is C13H16N2S. The van der Waals surface area contributed by atoms with Crippen molar-refractivity contribution < 1.29 is 0 Å². The van der Waals surface area contributed by atoms with E-state index in [2.05, 4.69) is 56.7 Å². The van der Waals surface area contributed by atoms with Gasteiger partial charge >= 0.3 is 0 Å². The van der Waals surface area contributed by atoms with E-state index in [1.54, 1.807) is 0 Å². The zero-order valence-corrected chi connectivity index (χ0v) is 10.8. The highest BCUT2D eigenvalue weighted by atomic mass is 32.1. The van der Waals surface area contributed by atoms with E-state index >= 15 is 0 Å². The lowest BCUT2D eigenvalue weighted by Crippen LogP contribution is -2.02. The predicted octanol–water partition coefficient (Wildman–Crippen LogP) is 3.23. The molecule has 16 heavy (non-hydrogen) atoms.